The first kappa shape index (κ1) is 13.2. The van der Waals surface area contributed by atoms with Crippen LogP contribution in [0.25, 0.3) is 0 Å². The maximum atomic E-state index is 6.22. The summed E-state index contributed by atoms with van der Waals surface area (Å²) in [4.78, 5) is 0. The number of rotatable bonds is 5. The van der Waals surface area contributed by atoms with Gasteiger partial charge >= 0.3 is 0 Å². The Balaban J connectivity index is 3.43. The Kier molecular flexibility index (Phi) is 5.98. The molecule has 0 heterocycles. The number of hydrogen-bond donors (Lipinski definition) is 0. The molecule has 1 atom stereocenters. The minimum atomic E-state index is 0.208. The fourth-order valence-electron chi connectivity index (χ4n) is 1.01. The topological polar surface area (TPSA) is 9.23 Å². The van der Waals surface area contributed by atoms with E-state index < -0.39 is 0 Å². The molecular formula is C11H23ClO. The van der Waals surface area contributed by atoms with Crippen molar-refractivity contribution in [3.63, 3.8) is 0 Å². The molecule has 0 fully saturated rings. The maximum absolute atomic E-state index is 6.22. The fraction of sp³-hybridized carbons (Fsp3) is 1.00. The maximum Gasteiger partial charge on any atom is 0.0518 e. The van der Waals surface area contributed by atoms with Crippen LogP contribution in [-0.4, -0.2) is 18.1 Å². The molecule has 2 heteroatoms. The standard InChI is InChI=1S/C11H23ClO/c1-9(2)13-8-6-7-10(12)11(3,4)5/h9-10H,6-8H2,1-5H3. The SMILES string of the molecule is CC(C)OCCCC(Cl)C(C)(C)C. The molecule has 1 unspecified atom stereocenters. The summed E-state index contributed by atoms with van der Waals surface area (Å²) < 4.78 is 5.45. The molecule has 0 N–H and O–H groups in total. The third-order valence-corrected chi connectivity index (χ3v) is 2.87. The van der Waals surface area contributed by atoms with Crippen LogP contribution < -0.4 is 0 Å². The number of ether oxygens (including phenoxy) is 1. The number of halogens is 1. The van der Waals surface area contributed by atoms with Crippen molar-refractivity contribution in [3.8, 4) is 0 Å². The van der Waals surface area contributed by atoms with E-state index in [1.54, 1.807) is 0 Å². The van der Waals surface area contributed by atoms with Gasteiger partial charge in [-0.3, -0.25) is 0 Å². The molecule has 0 aliphatic heterocycles. The summed E-state index contributed by atoms with van der Waals surface area (Å²) in [6, 6.07) is 0. The van der Waals surface area contributed by atoms with Crippen molar-refractivity contribution in [1.29, 1.82) is 0 Å². The van der Waals surface area contributed by atoms with Crippen LogP contribution in [0.4, 0.5) is 0 Å². The smallest absolute Gasteiger partial charge is 0.0518 e. The van der Waals surface area contributed by atoms with Crippen LogP contribution in [0.3, 0.4) is 0 Å². The van der Waals surface area contributed by atoms with Crippen molar-refractivity contribution in [2.45, 2.75) is 58.9 Å². The van der Waals surface area contributed by atoms with E-state index in [1.165, 1.54) is 0 Å². The molecule has 0 aromatic carbocycles. The zero-order chi connectivity index (χ0) is 10.5. The van der Waals surface area contributed by atoms with Gasteiger partial charge in [0.1, 0.15) is 0 Å². The van der Waals surface area contributed by atoms with Gasteiger partial charge in [0.05, 0.1) is 6.10 Å². The van der Waals surface area contributed by atoms with Gasteiger partial charge in [-0.1, -0.05) is 20.8 Å². The lowest BCUT2D eigenvalue weighted by molar-refractivity contribution is 0.0746. The minimum Gasteiger partial charge on any atom is -0.379 e. The van der Waals surface area contributed by atoms with Crippen molar-refractivity contribution < 1.29 is 4.74 Å². The molecule has 0 rings (SSSR count). The molecule has 13 heavy (non-hydrogen) atoms. The number of hydrogen-bond acceptors (Lipinski definition) is 1. The van der Waals surface area contributed by atoms with Gasteiger partial charge in [-0.05, 0) is 32.1 Å². The zero-order valence-electron chi connectivity index (χ0n) is 9.56. The van der Waals surface area contributed by atoms with E-state index in [2.05, 4.69) is 34.6 Å². The van der Waals surface area contributed by atoms with Gasteiger partial charge in [0.15, 0.2) is 0 Å². The summed E-state index contributed by atoms with van der Waals surface area (Å²) in [6.45, 7) is 11.5. The molecule has 0 aliphatic carbocycles. The van der Waals surface area contributed by atoms with E-state index in [4.69, 9.17) is 16.3 Å². The van der Waals surface area contributed by atoms with Crippen LogP contribution in [0.1, 0.15) is 47.5 Å². The van der Waals surface area contributed by atoms with Crippen LogP contribution in [0.15, 0.2) is 0 Å². The Morgan fingerprint density at radius 1 is 1.23 bits per heavy atom. The van der Waals surface area contributed by atoms with Crippen LogP contribution in [0.2, 0.25) is 0 Å². The van der Waals surface area contributed by atoms with Crippen molar-refractivity contribution in [2.24, 2.45) is 5.41 Å². The van der Waals surface area contributed by atoms with Gasteiger partial charge in [0.25, 0.3) is 0 Å². The van der Waals surface area contributed by atoms with E-state index in [0.29, 0.717) is 6.10 Å². The Hall–Kier alpha value is 0.250. The predicted molar refractivity (Wildman–Crippen MR) is 59.4 cm³/mol. The molecule has 0 aromatic heterocycles. The van der Waals surface area contributed by atoms with Crippen molar-refractivity contribution >= 4 is 11.6 Å². The summed E-state index contributed by atoms with van der Waals surface area (Å²) in [6.07, 6.45) is 2.44. The molecule has 0 aliphatic rings. The zero-order valence-corrected chi connectivity index (χ0v) is 10.3. The van der Waals surface area contributed by atoms with Crippen LogP contribution in [0.5, 0.6) is 0 Å². The molecule has 80 valence electrons. The summed E-state index contributed by atoms with van der Waals surface area (Å²) in [7, 11) is 0. The second kappa shape index (κ2) is 5.87. The van der Waals surface area contributed by atoms with Gasteiger partial charge in [-0.25, -0.2) is 0 Å². The van der Waals surface area contributed by atoms with E-state index in [9.17, 15) is 0 Å². The molecule has 0 saturated heterocycles. The van der Waals surface area contributed by atoms with Gasteiger partial charge < -0.3 is 4.74 Å². The average molecular weight is 207 g/mol. The normalized spacial score (nSPS) is 15.0. The second-order valence-electron chi connectivity index (χ2n) is 4.90. The molecule has 0 bridgehead atoms. The minimum absolute atomic E-state index is 0.208. The molecule has 0 radical (unpaired) electrons. The quantitative estimate of drug-likeness (QED) is 0.491. The van der Waals surface area contributed by atoms with Crippen LogP contribution in [-0.2, 0) is 4.74 Å². The summed E-state index contributed by atoms with van der Waals surface area (Å²) in [5.74, 6) is 0. The largest absolute Gasteiger partial charge is 0.379 e. The van der Waals surface area contributed by atoms with Crippen LogP contribution >= 0.6 is 11.6 Å². The van der Waals surface area contributed by atoms with Crippen LogP contribution in [0, 0.1) is 5.41 Å². The van der Waals surface area contributed by atoms with Crippen molar-refractivity contribution in [2.75, 3.05) is 6.61 Å². The summed E-state index contributed by atoms with van der Waals surface area (Å²) in [5, 5.41) is 0.253. The average Bonchev–Trinajstić information content (AvgIpc) is 1.95. The highest BCUT2D eigenvalue weighted by molar-refractivity contribution is 6.21. The molecule has 1 nitrogen and oxygen atoms in total. The number of alkyl halides is 1. The molecule has 0 spiro atoms. The first-order valence-corrected chi connectivity index (χ1v) is 5.53. The fourth-order valence-corrected chi connectivity index (χ4v) is 1.17. The lowest BCUT2D eigenvalue weighted by atomic mass is 9.89. The Labute approximate surface area is 87.8 Å². The highest BCUT2D eigenvalue weighted by Gasteiger charge is 2.21. The summed E-state index contributed by atoms with van der Waals surface area (Å²) in [5.41, 5.74) is 0.208. The lowest BCUT2D eigenvalue weighted by Crippen LogP contribution is -2.21. The van der Waals surface area contributed by atoms with Gasteiger partial charge in [-0.2, -0.15) is 0 Å². The van der Waals surface area contributed by atoms with E-state index in [-0.39, 0.29) is 10.8 Å². The molecular weight excluding hydrogens is 184 g/mol. The van der Waals surface area contributed by atoms with Gasteiger partial charge in [0.2, 0.25) is 0 Å². The third-order valence-electron chi connectivity index (χ3n) is 1.99. The summed E-state index contributed by atoms with van der Waals surface area (Å²) >= 11 is 6.22. The third kappa shape index (κ3) is 7.33. The first-order chi connectivity index (χ1) is 5.84. The highest BCUT2D eigenvalue weighted by atomic mass is 35.5. The van der Waals surface area contributed by atoms with E-state index in [1.807, 2.05) is 0 Å². The Morgan fingerprint density at radius 3 is 2.15 bits per heavy atom. The highest BCUT2D eigenvalue weighted by Crippen LogP contribution is 2.27. The molecule has 0 aromatic rings. The van der Waals surface area contributed by atoms with Gasteiger partial charge in [-0.15, -0.1) is 11.6 Å². The molecule has 0 amide bonds. The predicted octanol–water partition coefficient (Wildman–Crippen LogP) is 3.85. The molecule has 0 saturated carbocycles. The monoisotopic (exact) mass is 206 g/mol. The van der Waals surface area contributed by atoms with Crippen molar-refractivity contribution in [1.82, 2.24) is 0 Å². The van der Waals surface area contributed by atoms with Crippen molar-refractivity contribution in [3.05, 3.63) is 0 Å². The lowest BCUT2D eigenvalue weighted by Gasteiger charge is -2.25. The first-order valence-electron chi connectivity index (χ1n) is 5.09. The van der Waals surface area contributed by atoms with Gasteiger partial charge in [0, 0.05) is 12.0 Å². The Bertz CT molecular complexity index is 127. The second-order valence-corrected chi connectivity index (χ2v) is 5.42. The van der Waals surface area contributed by atoms with E-state index in [0.717, 1.165) is 19.4 Å². The Morgan fingerprint density at radius 2 is 1.77 bits per heavy atom. The van der Waals surface area contributed by atoms with E-state index >= 15 is 0 Å².